The first-order valence-electron chi connectivity index (χ1n) is 10.0. The molecule has 2 aromatic heterocycles. The molecule has 0 aliphatic carbocycles. The Morgan fingerprint density at radius 1 is 1.22 bits per heavy atom. The Morgan fingerprint density at radius 3 is 2.62 bits per heavy atom. The van der Waals surface area contributed by atoms with Crippen molar-refractivity contribution in [3.8, 4) is 0 Å². The molecule has 0 radical (unpaired) electrons. The van der Waals surface area contributed by atoms with Crippen molar-refractivity contribution in [3.63, 3.8) is 0 Å². The fraction of sp³-hybridized carbons (Fsp3) is 0.304. The van der Waals surface area contributed by atoms with Crippen molar-refractivity contribution in [1.29, 1.82) is 0 Å². The van der Waals surface area contributed by atoms with Crippen LogP contribution in [-0.2, 0) is 6.18 Å². The number of nitrogens with zero attached hydrogens (tertiary/aromatic N) is 3. The van der Waals surface area contributed by atoms with Crippen LogP contribution in [0.3, 0.4) is 0 Å². The highest BCUT2D eigenvalue weighted by atomic mass is 19.4. The summed E-state index contributed by atoms with van der Waals surface area (Å²) in [6.45, 7) is 4.15. The van der Waals surface area contributed by atoms with Crippen molar-refractivity contribution in [2.75, 3.05) is 25.0 Å². The van der Waals surface area contributed by atoms with Crippen molar-refractivity contribution in [2.45, 2.75) is 26.4 Å². The average Bonchev–Trinajstić information content (AvgIpc) is 3.25. The van der Waals surface area contributed by atoms with Gasteiger partial charge in [0.1, 0.15) is 5.82 Å². The molecular weight excluding hydrogens is 427 g/mol. The molecule has 1 fully saturated rings. The van der Waals surface area contributed by atoms with Gasteiger partial charge in [0.05, 0.1) is 11.1 Å². The molecule has 1 aromatic carbocycles. The van der Waals surface area contributed by atoms with E-state index >= 15 is 0 Å². The van der Waals surface area contributed by atoms with Gasteiger partial charge in [0.25, 0.3) is 0 Å². The normalized spacial score (nSPS) is 18.0. The number of pyridine rings is 1. The molecule has 1 aliphatic heterocycles. The molecule has 0 unspecified atom stereocenters. The minimum absolute atomic E-state index is 0.138. The molecule has 1 aliphatic rings. The number of fused-ring (bicyclic) bond motifs is 1. The van der Waals surface area contributed by atoms with Crippen LogP contribution >= 0.6 is 0 Å². The predicted octanol–water partition coefficient (Wildman–Crippen LogP) is 5.92. The Labute approximate surface area is 181 Å². The molecule has 32 heavy (non-hydrogen) atoms. The van der Waals surface area contributed by atoms with Crippen LogP contribution in [0.4, 0.5) is 27.8 Å². The van der Waals surface area contributed by atoms with Gasteiger partial charge in [0, 0.05) is 50.0 Å². The first-order chi connectivity index (χ1) is 15.1. The van der Waals surface area contributed by atoms with Crippen LogP contribution in [0.1, 0.15) is 30.0 Å². The molecule has 4 rings (SSSR count). The number of benzene rings is 1. The third kappa shape index (κ3) is 3.76. The number of hydrogen-bond donors (Lipinski definition) is 1. The first-order valence-corrected chi connectivity index (χ1v) is 10.0. The van der Waals surface area contributed by atoms with E-state index in [0.717, 1.165) is 22.4 Å². The Morgan fingerprint density at radius 2 is 1.97 bits per heavy atom. The number of alkyl halides is 3. The number of nitrogens with one attached hydrogen (secondary N) is 1. The number of aliphatic imine (C=N–C) groups is 1. The van der Waals surface area contributed by atoms with Crippen molar-refractivity contribution in [1.82, 2.24) is 9.97 Å². The van der Waals surface area contributed by atoms with Crippen LogP contribution in [0.2, 0.25) is 0 Å². The molecule has 0 bridgehead atoms. The Balaban J connectivity index is 1.78. The lowest BCUT2D eigenvalue weighted by Crippen LogP contribution is -2.37. The number of allylic oxidation sites excluding steroid dienone is 1. The highest BCUT2D eigenvalue weighted by Gasteiger charge is 2.33. The highest BCUT2D eigenvalue weighted by Crippen LogP contribution is 2.35. The van der Waals surface area contributed by atoms with Gasteiger partial charge in [-0.15, -0.1) is 0 Å². The summed E-state index contributed by atoms with van der Waals surface area (Å²) < 4.78 is 67.7. The van der Waals surface area contributed by atoms with Gasteiger partial charge in [-0.2, -0.15) is 13.2 Å². The van der Waals surface area contributed by atoms with E-state index in [2.05, 4.69) is 15.0 Å². The van der Waals surface area contributed by atoms with Gasteiger partial charge in [-0.25, -0.2) is 13.8 Å². The van der Waals surface area contributed by atoms with Crippen molar-refractivity contribution in [2.24, 2.45) is 4.99 Å². The number of piperidine rings is 1. The summed E-state index contributed by atoms with van der Waals surface area (Å²) in [6, 6.07) is 4.02. The van der Waals surface area contributed by atoms with E-state index in [1.54, 1.807) is 37.2 Å². The van der Waals surface area contributed by atoms with Gasteiger partial charge in [-0.1, -0.05) is 0 Å². The second kappa shape index (κ2) is 8.03. The van der Waals surface area contributed by atoms with Gasteiger partial charge >= 0.3 is 6.18 Å². The Hall–Kier alpha value is -3.23. The molecule has 1 saturated heterocycles. The largest absolute Gasteiger partial charge is 0.417 e. The highest BCUT2D eigenvalue weighted by molar-refractivity contribution is 6.10. The minimum Gasteiger partial charge on any atom is -0.359 e. The number of H-pyrrole nitrogens is 1. The molecule has 9 heteroatoms. The maximum Gasteiger partial charge on any atom is 0.417 e. The number of anilines is 1. The van der Waals surface area contributed by atoms with E-state index in [0.29, 0.717) is 41.7 Å². The topological polar surface area (TPSA) is 44.3 Å². The molecule has 1 N–H and O–H groups in total. The lowest BCUT2D eigenvalue weighted by Gasteiger charge is -2.32. The third-order valence-corrected chi connectivity index (χ3v) is 5.85. The molecular formula is C23H21F5N4. The number of aromatic amines is 1. The number of halogens is 5. The quantitative estimate of drug-likeness (QED) is 0.495. The van der Waals surface area contributed by atoms with E-state index in [4.69, 9.17) is 0 Å². The fourth-order valence-corrected chi connectivity index (χ4v) is 4.14. The third-order valence-electron chi connectivity index (χ3n) is 5.85. The number of rotatable bonds is 2. The Bertz CT molecular complexity index is 1250. The van der Waals surface area contributed by atoms with Crippen LogP contribution < -0.4 is 4.90 Å². The second-order valence-electron chi connectivity index (χ2n) is 7.79. The molecule has 168 valence electrons. The number of aromatic nitrogens is 2. The molecule has 0 amide bonds. The first kappa shape index (κ1) is 22.0. The molecule has 4 nitrogen and oxygen atoms in total. The van der Waals surface area contributed by atoms with Crippen LogP contribution in [0.25, 0.3) is 16.5 Å². The molecule has 3 heterocycles. The average molecular weight is 448 g/mol. The van der Waals surface area contributed by atoms with Crippen molar-refractivity contribution in [3.05, 3.63) is 64.5 Å². The molecule has 0 atom stereocenters. The summed E-state index contributed by atoms with van der Waals surface area (Å²) >= 11 is 0. The van der Waals surface area contributed by atoms with E-state index in [-0.39, 0.29) is 18.2 Å². The zero-order chi connectivity index (χ0) is 23.2. The fourth-order valence-electron chi connectivity index (χ4n) is 4.14. The lowest BCUT2D eigenvalue weighted by molar-refractivity contribution is -0.138. The summed E-state index contributed by atoms with van der Waals surface area (Å²) in [5.74, 6) is -1.49. The van der Waals surface area contributed by atoms with Gasteiger partial charge in [0.15, 0.2) is 11.6 Å². The van der Waals surface area contributed by atoms with Crippen LogP contribution in [0.15, 0.2) is 41.2 Å². The van der Waals surface area contributed by atoms with Crippen LogP contribution in [-0.4, -0.2) is 35.8 Å². The number of aryl methyl sites for hydroxylation is 1. The summed E-state index contributed by atoms with van der Waals surface area (Å²) in [4.78, 5) is 12.7. The minimum atomic E-state index is -4.67. The number of hydrogen-bond acceptors (Lipinski definition) is 3. The van der Waals surface area contributed by atoms with Crippen molar-refractivity contribution >= 4 is 28.0 Å². The van der Waals surface area contributed by atoms with Gasteiger partial charge in [-0.3, -0.25) is 4.99 Å². The van der Waals surface area contributed by atoms with Crippen LogP contribution in [0.5, 0.6) is 0 Å². The van der Waals surface area contributed by atoms with E-state index in [1.807, 2.05) is 6.92 Å². The SMILES string of the molecule is C/N=C1/CCN(c2ncc(C(F)(F)F)cc2F)C/C1=C(/C)c1cc(C)c(F)c2[nH]ccc12. The van der Waals surface area contributed by atoms with Gasteiger partial charge < -0.3 is 9.88 Å². The molecule has 0 saturated carbocycles. The standard InChI is InChI=1S/C23H21F5N4/c1-12-8-16(15-4-6-30-21(15)20(12)25)13(2)17-11-32(7-5-19(17)29-3)22-18(24)9-14(10-31-22)23(26,27)28/h4,6,8-10,30H,5,7,11H2,1-3H3/b17-13+,29-19-. The molecule has 0 spiro atoms. The van der Waals surface area contributed by atoms with Crippen LogP contribution in [0, 0.1) is 18.6 Å². The summed E-state index contributed by atoms with van der Waals surface area (Å²) in [5.41, 5.74) is 3.04. The maximum absolute atomic E-state index is 14.6. The summed E-state index contributed by atoms with van der Waals surface area (Å²) in [6.07, 6.45) is -1.88. The smallest absolute Gasteiger partial charge is 0.359 e. The van der Waals surface area contributed by atoms with E-state index in [9.17, 15) is 22.0 Å². The zero-order valence-corrected chi connectivity index (χ0v) is 17.7. The van der Waals surface area contributed by atoms with E-state index < -0.39 is 17.6 Å². The van der Waals surface area contributed by atoms with E-state index in [1.165, 1.54) is 0 Å². The van der Waals surface area contributed by atoms with Crippen molar-refractivity contribution < 1.29 is 22.0 Å². The molecule has 3 aromatic rings. The second-order valence-corrected chi connectivity index (χ2v) is 7.79. The van der Waals surface area contributed by atoms with Gasteiger partial charge in [0.2, 0.25) is 0 Å². The van der Waals surface area contributed by atoms with Gasteiger partial charge in [-0.05, 0) is 54.3 Å². The predicted molar refractivity (Wildman–Crippen MR) is 115 cm³/mol. The lowest BCUT2D eigenvalue weighted by atomic mass is 9.90. The summed E-state index contributed by atoms with van der Waals surface area (Å²) in [7, 11) is 1.66. The Kier molecular flexibility index (Phi) is 5.52. The monoisotopic (exact) mass is 448 g/mol. The zero-order valence-electron chi connectivity index (χ0n) is 17.7. The summed E-state index contributed by atoms with van der Waals surface area (Å²) in [5, 5.41) is 0.713. The maximum atomic E-state index is 14.6.